The molecule has 0 unspecified atom stereocenters. The van der Waals surface area contributed by atoms with Crippen LogP contribution in [0, 0.1) is 0 Å². The van der Waals surface area contributed by atoms with Crippen molar-refractivity contribution in [1.29, 1.82) is 0 Å². The van der Waals surface area contributed by atoms with E-state index in [0.29, 0.717) is 24.0 Å². The molecule has 0 aliphatic carbocycles. The molecule has 0 heterocycles. The number of anilines is 1. The number of amides is 1. The Kier molecular flexibility index (Phi) is 6.03. The molecule has 0 saturated carbocycles. The first-order valence-electron chi connectivity index (χ1n) is 7.85. The lowest BCUT2D eigenvalue weighted by Gasteiger charge is -2.14. The summed E-state index contributed by atoms with van der Waals surface area (Å²) in [6.45, 7) is 6.61. The van der Waals surface area contributed by atoms with E-state index in [2.05, 4.69) is 19.2 Å². The highest BCUT2D eigenvalue weighted by Crippen LogP contribution is 2.26. The van der Waals surface area contributed by atoms with Crippen LogP contribution in [0.1, 0.15) is 32.3 Å². The number of rotatable bonds is 7. The highest BCUT2D eigenvalue weighted by molar-refractivity contribution is 5.93. The summed E-state index contributed by atoms with van der Waals surface area (Å²) in [5.41, 5.74) is 1.75. The largest absolute Gasteiger partial charge is 0.492 e. The maximum Gasteiger partial charge on any atom is 0.262 e. The van der Waals surface area contributed by atoms with Crippen LogP contribution >= 0.6 is 0 Å². The average Bonchev–Trinajstić information content (AvgIpc) is 2.55. The van der Waals surface area contributed by atoms with Crippen LogP contribution in [-0.4, -0.2) is 19.1 Å². The summed E-state index contributed by atoms with van der Waals surface area (Å²) in [7, 11) is 0. The Hall–Kier alpha value is -2.49. The fraction of sp³-hybridized carbons (Fsp3) is 0.316. The normalized spacial score (nSPS) is 10.4. The second-order valence-electron chi connectivity index (χ2n) is 5.46. The average molecular weight is 313 g/mol. The van der Waals surface area contributed by atoms with Crippen LogP contribution in [0.2, 0.25) is 0 Å². The number of carbonyl (C=O) groups is 1. The lowest BCUT2D eigenvalue weighted by molar-refractivity contribution is -0.118. The van der Waals surface area contributed by atoms with Crippen LogP contribution < -0.4 is 14.8 Å². The molecule has 0 radical (unpaired) electrons. The summed E-state index contributed by atoms with van der Waals surface area (Å²) in [4.78, 5) is 12.1. The first kappa shape index (κ1) is 16.9. The van der Waals surface area contributed by atoms with Crippen molar-refractivity contribution in [3.05, 3.63) is 54.1 Å². The van der Waals surface area contributed by atoms with E-state index in [-0.39, 0.29) is 12.5 Å². The van der Waals surface area contributed by atoms with Gasteiger partial charge in [-0.3, -0.25) is 4.79 Å². The number of hydrogen-bond donors (Lipinski definition) is 1. The number of ether oxygens (including phenoxy) is 2. The second-order valence-corrected chi connectivity index (χ2v) is 5.46. The van der Waals surface area contributed by atoms with Gasteiger partial charge in [0.15, 0.2) is 6.61 Å². The third-order valence-electron chi connectivity index (χ3n) is 3.36. The maximum absolute atomic E-state index is 12.1. The highest BCUT2D eigenvalue weighted by atomic mass is 16.5. The Bertz CT molecular complexity index is 653. The van der Waals surface area contributed by atoms with Gasteiger partial charge in [0, 0.05) is 0 Å². The SMILES string of the molecule is CCOc1ccccc1NC(=O)COc1ccccc1C(C)C. The quantitative estimate of drug-likeness (QED) is 0.832. The van der Waals surface area contributed by atoms with Crippen molar-refractivity contribution in [2.45, 2.75) is 26.7 Å². The van der Waals surface area contributed by atoms with Gasteiger partial charge in [-0.25, -0.2) is 0 Å². The molecule has 0 saturated heterocycles. The van der Waals surface area contributed by atoms with Crippen LogP contribution in [0.5, 0.6) is 11.5 Å². The van der Waals surface area contributed by atoms with Gasteiger partial charge in [0.1, 0.15) is 11.5 Å². The third-order valence-corrected chi connectivity index (χ3v) is 3.36. The molecule has 1 amide bonds. The molecule has 4 nitrogen and oxygen atoms in total. The molecule has 0 aliphatic rings. The Balaban J connectivity index is 1.99. The molecule has 0 aliphatic heterocycles. The molecule has 0 bridgehead atoms. The topological polar surface area (TPSA) is 47.6 Å². The molecule has 2 rings (SSSR count). The number of carbonyl (C=O) groups excluding carboxylic acids is 1. The molecule has 0 spiro atoms. The zero-order valence-electron chi connectivity index (χ0n) is 13.8. The Morgan fingerprint density at radius 1 is 1.00 bits per heavy atom. The van der Waals surface area contributed by atoms with Gasteiger partial charge in [-0.05, 0) is 36.6 Å². The third kappa shape index (κ3) is 4.74. The second kappa shape index (κ2) is 8.22. The van der Waals surface area contributed by atoms with Crippen LogP contribution in [0.3, 0.4) is 0 Å². The van der Waals surface area contributed by atoms with Crippen LogP contribution in [0.25, 0.3) is 0 Å². The summed E-state index contributed by atoms with van der Waals surface area (Å²) in [5.74, 6) is 1.53. The minimum atomic E-state index is -0.212. The Labute approximate surface area is 137 Å². The summed E-state index contributed by atoms with van der Waals surface area (Å²) in [6, 6.07) is 15.1. The molecule has 1 N–H and O–H groups in total. The van der Waals surface area contributed by atoms with Gasteiger partial charge in [0.05, 0.1) is 12.3 Å². The fourth-order valence-corrected chi connectivity index (χ4v) is 2.27. The lowest BCUT2D eigenvalue weighted by atomic mass is 10.0. The standard InChI is InChI=1S/C19H23NO3/c1-4-22-18-12-8-6-10-16(18)20-19(21)13-23-17-11-7-5-9-15(17)14(2)3/h5-12,14H,4,13H2,1-3H3,(H,20,21). The zero-order valence-corrected chi connectivity index (χ0v) is 13.8. The van der Waals surface area contributed by atoms with Crippen LogP contribution in [0.4, 0.5) is 5.69 Å². The van der Waals surface area contributed by atoms with Crippen molar-refractivity contribution in [3.8, 4) is 11.5 Å². The molecule has 4 heteroatoms. The maximum atomic E-state index is 12.1. The number of benzene rings is 2. The van der Waals surface area contributed by atoms with Crippen LogP contribution in [0.15, 0.2) is 48.5 Å². The minimum Gasteiger partial charge on any atom is -0.492 e. The molecule has 122 valence electrons. The van der Waals surface area contributed by atoms with E-state index in [1.54, 1.807) is 0 Å². The number of nitrogens with one attached hydrogen (secondary N) is 1. The van der Waals surface area contributed by atoms with Crippen molar-refractivity contribution in [1.82, 2.24) is 0 Å². The van der Waals surface area contributed by atoms with Crippen molar-refractivity contribution in [2.75, 3.05) is 18.5 Å². The zero-order chi connectivity index (χ0) is 16.7. The number of para-hydroxylation sites is 3. The summed E-state index contributed by atoms with van der Waals surface area (Å²) in [5, 5.41) is 2.83. The van der Waals surface area contributed by atoms with Gasteiger partial charge in [-0.1, -0.05) is 44.2 Å². The van der Waals surface area contributed by atoms with Crippen molar-refractivity contribution < 1.29 is 14.3 Å². The summed E-state index contributed by atoms with van der Waals surface area (Å²) < 4.78 is 11.2. The van der Waals surface area contributed by atoms with Crippen molar-refractivity contribution in [3.63, 3.8) is 0 Å². The van der Waals surface area contributed by atoms with Gasteiger partial charge >= 0.3 is 0 Å². The van der Waals surface area contributed by atoms with Gasteiger partial charge in [-0.2, -0.15) is 0 Å². The van der Waals surface area contributed by atoms with E-state index in [1.807, 2.05) is 55.5 Å². The molecule has 2 aromatic rings. The minimum absolute atomic E-state index is 0.0375. The first-order valence-corrected chi connectivity index (χ1v) is 7.85. The van der Waals surface area contributed by atoms with Crippen molar-refractivity contribution >= 4 is 11.6 Å². The predicted molar refractivity (Wildman–Crippen MR) is 92.3 cm³/mol. The van der Waals surface area contributed by atoms with E-state index in [9.17, 15) is 4.79 Å². The van der Waals surface area contributed by atoms with Gasteiger partial charge in [0.2, 0.25) is 0 Å². The smallest absolute Gasteiger partial charge is 0.262 e. The van der Waals surface area contributed by atoms with Crippen molar-refractivity contribution in [2.24, 2.45) is 0 Å². The van der Waals surface area contributed by atoms with E-state index < -0.39 is 0 Å². The first-order chi connectivity index (χ1) is 11.1. The molecule has 0 aromatic heterocycles. The Morgan fingerprint density at radius 3 is 2.35 bits per heavy atom. The number of hydrogen-bond acceptors (Lipinski definition) is 3. The highest BCUT2D eigenvalue weighted by Gasteiger charge is 2.11. The summed E-state index contributed by atoms with van der Waals surface area (Å²) >= 11 is 0. The van der Waals surface area contributed by atoms with E-state index in [4.69, 9.17) is 9.47 Å². The molecular weight excluding hydrogens is 290 g/mol. The lowest BCUT2D eigenvalue weighted by Crippen LogP contribution is -2.21. The fourth-order valence-electron chi connectivity index (χ4n) is 2.27. The van der Waals surface area contributed by atoms with Gasteiger partial charge in [0.25, 0.3) is 5.91 Å². The molecule has 2 aromatic carbocycles. The molecule has 0 fully saturated rings. The predicted octanol–water partition coefficient (Wildman–Crippen LogP) is 4.23. The van der Waals surface area contributed by atoms with E-state index in [0.717, 1.165) is 11.3 Å². The van der Waals surface area contributed by atoms with Gasteiger partial charge in [-0.15, -0.1) is 0 Å². The van der Waals surface area contributed by atoms with E-state index in [1.165, 1.54) is 0 Å². The molecule has 23 heavy (non-hydrogen) atoms. The molecular formula is C19H23NO3. The van der Waals surface area contributed by atoms with Gasteiger partial charge < -0.3 is 14.8 Å². The monoisotopic (exact) mass is 313 g/mol. The van der Waals surface area contributed by atoms with E-state index >= 15 is 0 Å². The molecule has 0 atom stereocenters. The van der Waals surface area contributed by atoms with Crippen LogP contribution in [-0.2, 0) is 4.79 Å². The Morgan fingerprint density at radius 2 is 1.65 bits per heavy atom. The summed E-state index contributed by atoms with van der Waals surface area (Å²) in [6.07, 6.45) is 0.